The first-order valence-electron chi connectivity index (χ1n) is 12.7. The van der Waals surface area contributed by atoms with Crippen LogP contribution < -0.4 is 10.1 Å². The summed E-state index contributed by atoms with van der Waals surface area (Å²) in [6.07, 6.45) is 4.98. The van der Waals surface area contributed by atoms with E-state index < -0.39 is 11.4 Å². The molecule has 1 aromatic carbocycles. The maximum Gasteiger partial charge on any atom is 0.310 e. The fourth-order valence-corrected chi connectivity index (χ4v) is 4.66. The Balaban J connectivity index is 1.53. The number of nitrogens with zero attached hydrogens (tertiary/aromatic N) is 3. The number of carboxylic acid groups (broad SMARTS) is 1. The van der Waals surface area contributed by atoms with Crippen molar-refractivity contribution in [2.45, 2.75) is 58.4 Å². The Labute approximate surface area is 212 Å². The van der Waals surface area contributed by atoms with Crippen molar-refractivity contribution in [2.75, 3.05) is 38.4 Å². The zero-order valence-electron chi connectivity index (χ0n) is 21.3. The molecule has 1 aliphatic carbocycles. The molecule has 4 rings (SSSR count). The Bertz CT molecular complexity index is 1090. The van der Waals surface area contributed by atoms with Crippen LogP contribution in [-0.4, -0.2) is 71.5 Å². The fraction of sp³-hybridized carbons (Fsp3) is 0.556. The zero-order valence-corrected chi connectivity index (χ0v) is 21.3. The van der Waals surface area contributed by atoms with Crippen LogP contribution in [0.3, 0.4) is 0 Å². The number of carbonyl (C=O) groups excluding carboxylic acids is 1. The van der Waals surface area contributed by atoms with Crippen LogP contribution >= 0.6 is 0 Å². The lowest BCUT2D eigenvalue weighted by Gasteiger charge is -2.36. The third-order valence-corrected chi connectivity index (χ3v) is 6.79. The predicted octanol–water partition coefficient (Wildman–Crippen LogP) is 4.19. The number of rotatable bonds is 12. The number of aliphatic carboxylic acids is 1. The van der Waals surface area contributed by atoms with E-state index in [0.29, 0.717) is 30.4 Å². The maximum atomic E-state index is 11.6. The largest absolute Gasteiger partial charge is 0.481 e. The van der Waals surface area contributed by atoms with Gasteiger partial charge in [0, 0.05) is 36.9 Å². The van der Waals surface area contributed by atoms with Gasteiger partial charge in [-0.3, -0.25) is 9.59 Å². The van der Waals surface area contributed by atoms with E-state index in [9.17, 15) is 14.7 Å². The summed E-state index contributed by atoms with van der Waals surface area (Å²) in [5.74, 6) is 0.917. The van der Waals surface area contributed by atoms with Crippen LogP contribution in [-0.2, 0) is 9.53 Å². The van der Waals surface area contributed by atoms with E-state index in [4.69, 9.17) is 9.47 Å². The second-order valence-corrected chi connectivity index (χ2v) is 10.3. The van der Waals surface area contributed by atoms with Gasteiger partial charge in [-0.05, 0) is 82.7 Å². The summed E-state index contributed by atoms with van der Waals surface area (Å²) in [5.41, 5.74) is 2.41. The number of carboxylic acids is 1. The van der Waals surface area contributed by atoms with Gasteiger partial charge in [0.05, 0.1) is 5.41 Å². The summed E-state index contributed by atoms with van der Waals surface area (Å²) < 4.78 is 11.2. The Morgan fingerprint density at radius 3 is 2.75 bits per heavy atom. The number of likely N-dealkylation sites (tertiary alicyclic amines) is 1. The molecule has 0 radical (unpaired) electrons. The number of hydrogen-bond acceptors (Lipinski definition) is 8. The molecule has 0 amide bonds. The molecule has 0 spiro atoms. The molecular weight excluding hydrogens is 460 g/mol. The molecule has 2 aliphatic rings. The van der Waals surface area contributed by atoms with Gasteiger partial charge in [-0.25, -0.2) is 0 Å². The molecule has 1 saturated carbocycles. The molecular formula is C27H36N4O5. The van der Waals surface area contributed by atoms with Crippen LogP contribution in [0.4, 0.5) is 5.82 Å². The van der Waals surface area contributed by atoms with Crippen LogP contribution in [0.1, 0.15) is 68.3 Å². The van der Waals surface area contributed by atoms with Gasteiger partial charge in [-0.1, -0.05) is 6.07 Å². The van der Waals surface area contributed by atoms with Gasteiger partial charge in [0.1, 0.15) is 23.5 Å². The van der Waals surface area contributed by atoms with Crippen molar-refractivity contribution in [2.24, 2.45) is 5.41 Å². The molecule has 36 heavy (non-hydrogen) atoms. The molecule has 2 fully saturated rings. The monoisotopic (exact) mass is 496 g/mol. The lowest BCUT2D eigenvalue weighted by atomic mass is 9.91. The molecule has 1 saturated heterocycles. The van der Waals surface area contributed by atoms with Crippen molar-refractivity contribution in [1.29, 1.82) is 0 Å². The van der Waals surface area contributed by atoms with Crippen LogP contribution in [0.2, 0.25) is 0 Å². The van der Waals surface area contributed by atoms with Crippen molar-refractivity contribution in [3.05, 3.63) is 35.4 Å². The van der Waals surface area contributed by atoms with Crippen molar-refractivity contribution in [3.8, 4) is 17.0 Å². The Hall–Kier alpha value is -3.04. The zero-order chi connectivity index (χ0) is 25.7. The van der Waals surface area contributed by atoms with Crippen molar-refractivity contribution >= 4 is 18.1 Å². The lowest BCUT2D eigenvalue weighted by Crippen LogP contribution is -2.47. The maximum absolute atomic E-state index is 11.6. The van der Waals surface area contributed by atoms with Crippen LogP contribution in [0.15, 0.2) is 24.3 Å². The molecule has 0 unspecified atom stereocenters. The predicted molar refractivity (Wildman–Crippen MR) is 136 cm³/mol. The SMILES string of the molecule is CCOCOc1cc(C=O)ccc1-c1nnc(N[C@@H]2CCCN(CC(C)(C)C(=O)O)C2)cc1C1CC1. The van der Waals surface area contributed by atoms with Gasteiger partial charge in [-0.2, -0.15) is 0 Å². The number of hydrogen-bond donors (Lipinski definition) is 2. The normalized spacial score (nSPS) is 18.6. The first-order chi connectivity index (χ1) is 17.3. The second-order valence-electron chi connectivity index (χ2n) is 10.3. The highest BCUT2D eigenvalue weighted by atomic mass is 16.7. The Kier molecular flexibility index (Phi) is 8.21. The van der Waals surface area contributed by atoms with E-state index in [1.54, 1.807) is 26.0 Å². The van der Waals surface area contributed by atoms with E-state index in [1.807, 2.05) is 13.0 Å². The van der Waals surface area contributed by atoms with E-state index >= 15 is 0 Å². The van der Waals surface area contributed by atoms with Gasteiger partial charge < -0.3 is 24.8 Å². The average Bonchev–Trinajstić information content (AvgIpc) is 3.70. The minimum absolute atomic E-state index is 0.0918. The molecule has 1 aliphatic heterocycles. The summed E-state index contributed by atoms with van der Waals surface area (Å²) in [4.78, 5) is 25.1. The minimum atomic E-state index is -0.788. The van der Waals surface area contributed by atoms with E-state index in [1.165, 1.54) is 0 Å². The topological polar surface area (TPSA) is 114 Å². The van der Waals surface area contributed by atoms with Crippen molar-refractivity contribution < 1.29 is 24.2 Å². The molecule has 9 heteroatoms. The van der Waals surface area contributed by atoms with Crippen LogP contribution in [0.5, 0.6) is 5.75 Å². The van der Waals surface area contributed by atoms with Gasteiger partial charge in [-0.15, -0.1) is 10.2 Å². The summed E-state index contributed by atoms with van der Waals surface area (Å²) in [6.45, 7) is 8.23. The van der Waals surface area contributed by atoms with E-state index in [0.717, 1.165) is 67.7 Å². The molecule has 1 aromatic heterocycles. The van der Waals surface area contributed by atoms with Gasteiger partial charge >= 0.3 is 5.97 Å². The molecule has 1 atom stereocenters. The molecule has 2 aromatic rings. The van der Waals surface area contributed by atoms with Gasteiger partial charge in [0.25, 0.3) is 0 Å². The number of aldehydes is 1. The number of carbonyl (C=O) groups is 2. The van der Waals surface area contributed by atoms with Gasteiger partial charge in [0.15, 0.2) is 6.79 Å². The summed E-state index contributed by atoms with van der Waals surface area (Å²) in [6, 6.07) is 7.58. The van der Waals surface area contributed by atoms with Crippen LogP contribution in [0.25, 0.3) is 11.3 Å². The first-order valence-corrected chi connectivity index (χ1v) is 12.7. The third kappa shape index (κ3) is 6.39. The molecule has 2 heterocycles. The number of anilines is 1. The quantitative estimate of drug-likeness (QED) is 0.254. The smallest absolute Gasteiger partial charge is 0.310 e. The highest BCUT2D eigenvalue weighted by molar-refractivity contribution is 5.80. The molecule has 194 valence electrons. The third-order valence-electron chi connectivity index (χ3n) is 6.79. The number of nitrogens with one attached hydrogen (secondary N) is 1. The van der Waals surface area contributed by atoms with Crippen molar-refractivity contribution in [3.63, 3.8) is 0 Å². The number of piperidine rings is 1. The number of ether oxygens (including phenoxy) is 2. The number of aromatic nitrogens is 2. The Morgan fingerprint density at radius 1 is 1.25 bits per heavy atom. The summed E-state index contributed by atoms with van der Waals surface area (Å²) >= 11 is 0. The number of benzene rings is 1. The molecule has 0 bridgehead atoms. The minimum Gasteiger partial charge on any atom is -0.481 e. The average molecular weight is 497 g/mol. The molecule has 9 nitrogen and oxygen atoms in total. The van der Waals surface area contributed by atoms with E-state index in [-0.39, 0.29) is 12.8 Å². The fourth-order valence-electron chi connectivity index (χ4n) is 4.66. The highest BCUT2D eigenvalue weighted by Gasteiger charge is 2.33. The Morgan fingerprint density at radius 2 is 2.06 bits per heavy atom. The van der Waals surface area contributed by atoms with Crippen molar-refractivity contribution in [1.82, 2.24) is 15.1 Å². The van der Waals surface area contributed by atoms with E-state index in [2.05, 4.69) is 26.5 Å². The van der Waals surface area contributed by atoms with Gasteiger partial charge in [0.2, 0.25) is 0 Å². The summed E-state index contributed by atoms with van der Waals surface area (Å²) in [5, 5.41) is 22.1. The summed E-state index contributed by atoms with van der Waals surface area (Å²) in [7, 11) is 0. The van der Waals surface area contributed by atoms with Crippen LogP contribution in [0, 0.1) is 5.41 Å². The highest BCUT2D eigenvalue weighted by Crippen LogP contribution is 2.46. The lowest BCUT2D eigenvalue weighted by molar-refractivity contribution is -0.148. The first kappa shape index (κ1) is 26.0. The molecule has 2 N–H and O–H groups in total. The standard InChI is InChI=1S/C27H36N4O5/c1-4-35-17-36-23-12-18(15-32)7-10-21(23)25-22(19-8-9-19)13-24(29-30-25)28-20-6-5-11-31(14-20)16-27(2,3)26(33)34/h7,10,12-13,15,19-20H,4-6,8-9,11,14,16-17H2,1-3H3,(H,28,29)(H,33,34)/t20-/m1/s1. The second kappa shape index (κ2) is 11.3.